The van der Waals surface area contributed by atoms with Gasteiger partial charge in [-0.15, -0.1) is 0 Å². The molecule has 0 saturated heterocycles. The van der Waals surface area contributed by atoms with Crippen LogP contribution in [0, 0.1) is 0 Å². The maximum absolute atomic E-state index is 6.49. The first-order valence-electron chi connectivity index (χ1n) is 17.5. The number of ether oxygens (including phenoxy) is 1. The van der Waals surface area contributed by atoms with Crippen molar-refractivity contribution in [3.05, 3.63) is 194 Å². The lowest BCUT2D eigenvalue weighted by atomic mass is 9.87. The molecule has 51 heavy (non-hydrogen) atoms. The van der Waals surface area contributed by atoms with Gasteiger partial charge in [0.25, 0.3) is 0 Å². The highest BCUT2D eigenvalue weighted by Gasteiger charge is 2.33. The molecule has 0 radical (unpaired) electrons. The van der Waals surface area contributed by atoms with Crippen LogP contribution in [0.15, 0.2) is 193 Å². The lowest BCUT2D eigenvalue weighted by Crippen LogP contribution is -2.15. The molecular formula is C48H33NO2. The van der Waals surface area contributed by atoms with E-state index in [1.54, 1.807) is 0 Å². The number of nitrogens with zero attached hydrogens (tertiary/aromatic N) is 1. The number of allylic oxidation sites excluding steroid dienone is 2. The van der Waals surface area contributed by atoms with E-state index in [0.717, 1.165) is 55.9 Å². The van der Waals surface area contributed by atoms with Crippen molar-refractivity contribution in [1.29, 1.82) is 0 Å². The van der Waals surface area contributed by atoms with Gasteiger partial charge in [-0.05, 0) is 100 Å². The van der Waals surface area contributed by atoms with Crippen LogP contribution in [-0.2, 0) is 0 Å². The lowest BCUT2D eigenvalue weighted by molar-refractivity contribution is 0.269. The average molecular weight is 656 g/mol. The molecule has 2 heterocycles. The number of anilines is 3. The highest BCUT2D eigenvalue weighted by molar-refractivity contribution is 6.06. The van der Waals surface area contributed by atoms with Crippen LogP contribution in [0.5, 0.6) is 5.75 Å². The van der Waals surface area contributed by atoms with Crippen molar-refractivity contribution in [1.82, 2.24) is 0 Å². The van der Waals surface area contributed by atoms with Crippen LogP contribution in [0.3, 0.4) is 0 Å². The van der Waals surface area contributed by atoms with E-state index in [9.17, 15) is 0 Å². The number of fused-ring (bicyclic) bond motifs is 6. The van der Waals surface area contributed by atoms with Gasteiger partial charge in [0.05, 0.1) is 0 Å². The van der Waals surface area contributed by atoms with Gasteiger partial charge in [-0.2, -0.15) is 0 Å². The van der Waals surface area contributed by atoms with Gasteiger partial charge in [-0.25, -0.2) is 0 Å². The summed E-state index contributed by atoms with van der Waals surface area (Å²) in [5.41, 5.74) is 13.3. The highest BCUT2D eigenvalue weighted by Crippen LogP contribution is 2.47. The van der Waals surface area contributed by atoms with E-state index in [-0.39, 0.29) is 12.0 Å². The predicted octanol–water partition coefficient (Wildman–Crippen LogP) is 13.0. The summed E-state index contributed by atoms with van der Waals surface area (Å²) in [6.07, 6.45) is 8.66. The Labute approximate surface area is 297 Å². The number of benzene rings is 7. The van der Waals surface area contributed by atoms with Gasteiger partial charge >= 0.3 is 0 Å². The molecule has 2 unspecified atom stereocenters. The van der Waals surface area contributed by atoms with Gasteiger partial charge in [-0.3, -0.25) is 0 Å². The zero-order chi connectivity index (χ0) is 33.7. The van der Waals surface area contributed by atoms with Crippen molar-refractivity contribution < 1.29 is 9.15 Å². The molecule has 242 valence electrons. The summed E-state index contributed by atoms with van der Waals surface area (Å²) in [6.45, 7) is 0. The van der Waals surface area contributed by atoms with Crippen molar-refractivity contribution in [2.45, 2.75) is 12.0 Å². The van der Waals surface area contributed by atoms with E-state index >= 15 is 0 Å². The minimum atomic E-state index is 0.0396. The molecular weight excluding hydrogens is 623 g/mol. The fourth-order valence-electron chi connectivity index (χ4n) is 7.71. The van der Waals surface area contributed by atoms with E-state index in [2.05, 4.69) is 181 Å². The van der Waals surface area contributed by atoms with Gasteiger partial charge in [0.1, 0.15) is 23.0 Å². The van der Waals surface area contributed by atoms with Crippen molar-refractivity contribution in [2.75, 3.05) is 4.90 Å². The van der Waals surface area contributed by atoms with Crippen LogP contribution in [0.4, 0.5) is 17.1 Å². The van der Waals surface area contributed by atoms with E-state index in [1.165, 1.54) is 27.8 Å². The molecule has 8 aromatic rings. The van der Waals surface area contributed by atoms with Crippen molar-refractivity contribution in [2.24, 2.45) is 0 Å². The number of hydrogen-bond donors (Lipinski definition) is 0. The molecule has 0 spiro atoms. The number of furan rings is 1. The average Bonchev–Trinajstić information content (AvgIpc) is 3.76. The largest absolute Gasteiger partial charge is 0.485 e. The van der Waals surface area contributed by atoms with E-state index in [1.807, 2.05) is 12.1 Å². The first-order valence-corrected chi connectivity index (χ1v) is 17.5. The quantitative estimate of drug-likeness (QED) is 0.178. The molecule has 0 bridgehead atoms. The first-order chi connectivity index (χ1) is 25.3. The van der Waals surface area contributed by atoms with E-state index < -0.39 is 0 Å². The zero-order valence-corrected chi connectivity index (χ0v) is 27.8. The summed E-state index contributed by atoms with van der Waals surface area (Å²) in [5.74, 6) is 1.19. The van der Waals surface area contributed by atoms with Gasteiger partial charge in [0, 0.05) is 39.3 Å². The molecule has 1 aliphatic carbocycles. The van der Waals surface area contributed by atoms with Gasteiger partial charge in [0.15, 0.2) is 0 Å². The summed E-state index contributed by atoms with van der Waals surface area (Å²) in [7, 11) is 0. The van der Waals surface area contributed by atoms with Crippen LogP contribution < -0.4 is 9.64 Å². The van der Waals surface area contributed by atoms with Crippen molar-refractivity contribution >= 4 is 39.0 Å². The van der Waals surface area contributed by atoms with Crippen LogP contribution in [0.25, 0.3) is 55.3 Å². The van der Waals surface area contributed by atoms with Gasteiger partial charge < -0.3 is 14.1 Å². The third-order valence-electron chi connectivity index (χ3n) is 10.2. The summed E-state index contributed by atoms with van der Waals surface area (Å²) < 4.78 is 12.7. The fraction of sp³-hybridized carbons (Fsp3) is 0.0417. The highest BCUT2D eigenvalue weighted by atomic mass is 16.5. The monoisotopic (exact) mass is 655 g/mol. The molecule has 0 fully saturated rings. The third kappa shape index (κ3) is 5.14. The minimum absolute atomic E-state index is 0.0396. The number of rotatable bonds is 6. The van der Waals surface area contributed by atoms with Crippen LogP contribution in [0.2, 0.25) is 0 Å². The Morgan fingerprint density at radius 1 is 0.431 bits per heavy atom. The van der Waals surface area contributed by atoms with Crippen LogP contribution >= 0.6 is 0 Å². The maximum atomic E-state index is 6.49. The normalized spacial score (nSPS) is 15.8. The molecule has 1 aromatic heterocycles. The maximum Gasteiger partial charge on any atom is 0.135 e. The number of hydrogen-bond acceptors (Lipinski definition) is 3. The Kier molecular flexibility index (Phi) is 6.95. The molecule has 3 heteroatoms. The lowest BCUT2D eigenvalue weighted by Gasteiger charge is -2.26. The second-order valence-corrected chi connectivity index (χ2v) is 13.3. The standard InChI is InChI=1S/C48H33NO2/c1-3-11-32(12-4-1)33-19-23-36(24-20-33)49(38-27-28-47-43(29-38)39-15-7-9-17-45(39)50-47)37-25-21-35(22-26-37)42-31-48-44(40-16-8-10-18-46(40)51-48)30-41(42)34-13-5-2-6-14-34/h1-31,40,46H. The Hall–Kier alpha value is -6.58. The second-order valence-electron chi connectivity index (χ2n) is 13.3. The first kappa shape index (κ1) is 29.3. The minimum Gasteiger partial charge on any atom is -0.485 e. The second kappa shape index (κ2) is 12.1. The summed E-state index contributed by atoms with van der Waals surface area (Å²) in [6, 6.07) is 58.3. The van der Waals surface area contributed by atoms with E-state index in [4.69, 9.17) is 9.15 Å². The van der Waals surface area contributed by atoms with Crippen LogP contribution in [0.1, 0.15) is 11.5 Å². The SMILES string of the molecule is C1=CC2Oc3cc(-c4ccc(N(c5ccc(-c6ccccc6)cc5)c5ccc6oc7ccccc7c6c5)cc4)c(-c4ccccc4)cc3C2C=C1. The molecule has 0 saturated carbocycles. The third-order valence-corrected chi connectivity index (χ3v) is 10.2. The van der Waals surface area contributed by atoms with Crippen molar-refractivity contribution in [3.8, 4) is 39.1 Å². The van der Waals surface area contributed by atoms with Crippen molar-refractivity contribution in [3.63, 3.8) is 0 Å². The Morgan fingerprint density at radius 2 is 1.00 bits per heavy atom. The summed E-state index contributed by atoms with van der Waals surface area (Å²) >= 11 is 0. The Balaban J connectivity index is 1.09. The molecule has 1 aliphatic heterocycles. The molecule has 10 rings (SSSR count). The topological polar surface area (TPSA) is 25.6 Å². The molecule has 7 aromatic carbocycles. The zero-order valence-electron chi connectivity index (χ0n) is 27.8. The Morgan fingerprint density at radius 3 is 1.76 bits per heavy atom. The number of para-hydroxylation sites is 1. The summed E-state index contributed by atoms with van der Waals surface area (Å²) in [4.78, 5) is 2.33. The molecule has 3 nitrogen and oxygen atoms in total. The van der Waals surface area contributed by atoms with Crippen LogP contribution in [-0.4, -0.2) is 6.10 Å². The fourth-order valence-corrected chi connectivity index (χ4v) is 7.71. The smallest absolute Gasteiger partial charge is 0.135 e. The summed E-state index contributed by atoms with van der Waals surface area (Å²) in [5, 5.41) is 2.21. The van der Waals surface area contributed by atoms with Gasteiger partial charge in [0.2, 0.25) is 0 Å². The molecule has 2 aliphatic rings. The molecule has 0 amide bonds. The predicted molar refractivity (Wildman–Crippen MR) is 210 cm³/mol. The van der Waals surface area contributed by atoms with Gasteiger partial charge in [-0.1, -0.05) is 121 Å². The molecule has 2 atom stereocenters. The van der Waals surface area contributed by atoms with E-state index in [0.29, 0.717) is 0 Å². The molecule has 0 N–H and O–H groups in total. The Bertz CT molecular complexity index is 2600.